The minimum atomic E-state index is -0.515. The van der Waals surface area contributed by atoms with Crippen LogP contribution >= 0.6 is 0 Å². The van der Waals surface area contributed by atoms with Gasteiger partial charge < -0.3 is 16.2 Å². The van der Waals surface area contributed by atoms with Gasteiger partial charge in [0.25, 0.3) is 0 Å². The van der Waals surface area contributed by atoms with Crippen molar-refractivity contribution in [2.75, 3.05) is 5.73 Å². The lowest BCUT2D eigenvalue weighted by Crippen LogP contribution is -2.11. The van der Waals surface area contributed by atoms with E-state index in [4.69, 9.17) is 16.2 Å². The summed E-state index contributed by atoms with van der Waals surface area (Å²) in [6.45, 7) is 1.91. The highest BCUT2D eigenvalue weighted by atomic mass is 19.1. The molecule has 0 unspecified atom stereocenters. The van der Waals surface area contributed by atoms with Crippen molar-refractivity contribution >= 4 is 11.6 Å². The third-order valence-electron chi connectivity index (χ3n) is 2.93. The Hall–Kier alpha value is -2.56. The number of ether oxygens (including phenoxy) is 1. The number of amides is 1. The van der Waals surface area contributed by atoms with Crippen LogP contribution in [0.1, 0.15) is 21.5 Å². The zero-order chi connectivity index (χ0) is 14.7. The van der Waals surface area contributed by atoms with E-state index >= 15 is 0 Å². The number of aryl methyl sites for hydroxylation is 1. The zero-order valence-corrected chi connectivity index (χ0v) is 11.0. The number of halogens is 1. The second kappa shape index (κ2) is 5.61. The van der Waals surface area contributed by atoms with Crippen LogP contribution in [0.2, 0.25) is 0 Å². The maximum atomic E-state index is 13.7. The molecule has 0 aromatic heterocycles. The molecule has 1 amide bonds. The van der Waals surface area contributed by atoms with Crippen LogP contribution in [0.4, 0.5) is 10.1 Å². The Bertz CT molecular complexity index is 656. The Balaban J connectivity index is 2.15. The molecule has 0 radical (unpaired) electrons. The summed E-state index contributed by atoms with van der Waals surface area (Å²) in [6, 6.07) is 9.47. The van der Waals surface area contributed by atoms with Crippen molar-refractivity contribution in [3.05, 3.63) is 58.9 Å². The molecule has 0 bridgehead atoms. The summed E-state index contributed by atoms with van der Waals surface area (Å²) in [5.74, 6) is -0.901. The number of primary amides is 1. The quantitative estimate of drug-likeness (QED) is 0.840. The lowest BCUT2D eigenvalue weighted by Gasteiger charge is -2.10. The summed E-state index contributed by atoms with van der Waals surface area (Å²) in [5.41, 5.74) is 13.0. The van der Waals surface area contributed by atoms with Crippen molar-refractivity contribution in [1.82, 2.24) is 0 Å². The molecule has 0 saturated heterocycles. The minimum absolute atomic E-state index is 0.126. The molecule has 0 aliphatic carbocycles. The van der Waals surface area contributed by atoms with E-state index in [1.165, 1.54) is 6.07 Å². The van der Waals surface area contributed by atoms with Crippen molar-refractivity contribution in [2.24, 2.45) is 5.73 Å². The van der Waals surface area contributed by atoms with E-state index < -0.39 is 11.7 Å². The van der Waals surface area contributed by atoms with E-state index in [1.807, 2.05) is 0 Å². The van der Waals surface area contributed by atoms with E-state index in [-0.39, 0.29) is 12.4 Å². The molecule has 0 fully saturated rings. The number of carbonyl (C=O) groups excluding carboxylic acids is 1. The van der Waals surface area contributed by atoms with Gasteiger partial charge in [0.2, 0.25) is 5.91 Å². The average Bonchev–Trinajstić information content (AvgIpc) is 2.41. The van der Waals surface area contributed by atoms with Crippen molar-refractivity contribution in [3.63, 3.8) is 0 Å². The number of benzene rings is 2. The van der Waals surface area contributed by atoms with Crippen LogP contribution in [-0.2, 0) is 6.61 Å². The molecule has 2 rings (SSSR count). The van der Waals surface area contributed by atoms with Crippen LogP contribution in [0.5, 0.6) is 5.75 Å². The molecule has 20 heavy (non-hydrogen) atoms. The average molecular weight is 274 g/mol. The number of anilines is 1. The van der Waals surface area contributed by atoms with Gasteiger partial charge in [-0.05, 0) is 36.2 Å². The SMILES string of the molecule is Cc1cc(OCc2cccc(C(N)=O)c2)c(F)cc1N. The standard InChI is InChI=1S/C15H15FN2O2/c1-9-5-14(12(16)7-13(9)17)20-8-10-3-2-4-11(6-10)15(18)19/h2-7H,8,17H2,1H3,(H2,18,19). The molecule has 0 heterocycles. The van der Waals surface area contributed by atoms with Crippen LogP contribution in [0.3, 0.4) is 0 Å². The van der Waals surface area contributed by atoms with Gasteiger partial charge in [0.05, 0.1) is 0 Å². The van der Waals surface area contributed by atoms with Gasteiger partial charge in [0, 0.05) is 17.3 Å². The van der Waals surface area contributed by atoms with E-state index in [2.05, 4.69) is 0 Å². The van der Waals surface area contributed by atoms with Crippen LogP contribution in [0, 0.1) is 12.7 Å². The van der Waals surface area contributed by atoms with Gasteiger partial charge in [0.1, 0.15) is 6.61 Å². The predicted molar refractivity (Wildman–Crippen MR) is 74.8 cm³/mol. The molecule has 2 aromatic carbocycles. The number of carbonyl (C=O) groups is 1. The molecule has 0 atom stereocenters. The van der Waals surface area contributed by atoms with E-state index in [0.717, 1.165) is 11.1 Å². The number of hydrogen-bond donors (Lipinski definition) is 2. The lowest BCUT2D eigenvalue weighted by atomic mass is 10.1. The Morgan fingerprint density at radius 3 is 2.75 bits per heavy atom. The van der Waals surface area contributed by atoms with Gasteiger partial charge in [-0.3, -0.25) is 4.79 Å². The number of hydrogen-bond acceptors (Lipinski definition) is 3. The molecular formula is C15H15FN2O2. The highest BCUT2D eigenvalue weighted by Crippen LogP contribution is 2.24. The maximum Gasteiger partial charge on any atom is 0.248 e. The normalized spacial score (nSPS) is 10.3. The van der Waals surface area contributed by atoms with Gasteiger partial charge in [-0.2, -0.15) is 0 Å². The fraction of sp³-hybridized carbons (Fsp3) is 0.133. The number of rotatable bonds is 4. The fourth-order valence-electron chi connectivity index (χ4n) is 1.76. The van der Waals surface area contributed by atoms with Crippen molar-refractivity contribution < 1.29 is 13.9 Å². The highest BCUT2D eigenvalue weighted by molar-refractivity contribution is 5.92. The van der Waals surface area contributed by atoms with Gasteiger partial charge in [-0.25, -0.2) is 4.39 Å². The summed E-state index contributed by atoms with van der Waals surface area (Å²) in [4.78, 5) is 11.1. The van der Waals surface area contributed by atoms with E-state index in [1.54, 1.807) is 37.3 Å². The summed E-state index contributed by atoms with van der Waals surface area (Å²) in [6.07, 6.45) is 0. The summed E-state index contributed by atoms with van der Waals surface area (Å²) < 4.78 is 19.1. The molecule has 104 valence electrons. The Labute approximate surface area is 116 Å². The molecule has 0 saturated carbocycles. The monoisotopic (exact) mass is 274 g/mol. The number of nitrogens with two attached hydrogens (primary N) is 2. The molecule has 0 aliphatic rings. The van der Waals surface area contributed by atoms with Crippen molar-refractivity contribution in [1.29, 1.82) is 0 Å². The Morgan fingerprint density at radius 1 is 1.30 bits per heavy atom. The first-order chi connectivity index (χ1) is 9.47. The Morgan fingerprint density at radius 2 is 2.05 bits per heavy atom. The van der Waals surface area contributed by atoms with Crippen LogP contribution in [-0.4, -0.2) is 5.91 Å². The fourth-order valence-corrected chi connectivity index (χ4v) is 1.76. The highest BCUT2D eigenvalue weighted by Gasteiger charge is 2.08. The predicted octanol–water partition coefficient (Wildman–Crippen LogP) is 2.39. The molecule has 4 N–H and O–H groups in total. The maximum absolute atomic E-state index is 13.7. The zero-order valence-electron chi connectivity index (χ0n) is 11.0. The Kier molecular flexibility index (Phi) is 3.89. The van der Waals surface area contributed by atoms with Crippen molar-refractivity contribution in [3.8, 4) is 5.75 Å². The third-order valence-corrected chi connectivity index (χ3v) is 2.93. The first kappa shape index (κ1) is 13.9. The molecule has 0 spiro atoms. The first-order valence-corrected chi connectivity index (χ1v) is 6.04. The van der Waals surface area contributed by atoms with Crippen LogP contribution < -0.4 is 16.2 Å². The smallest absolute Gasteiger partial charge is 0.248 e. The van der Waals surface area contributed by atoms with Gasteiger partial charge >= 0.3 is 0 Å². The van der Waals surface area contributed by atoms with E-state index in [9.17, 15) is 9.18 Å². The summed E-state index contributed by atoms with van der Waals surface area (Å²) >= 11 is 0. The van der Waals surface area contributed by atoms with Gasteiger partial charge in [-0.15, -0.1) is 0 Å². The van der Waals surface area contributed by atoms with Gasteiger partial charge in [0.15, 0.2) is 11.6 Å². The molecule has 2 aromatic rings. The van der Waals surface area contributed by atoms with Crippen LogP contribution in [0.15, 0.2) is 36.4 Å². The second-order valence-electron chi connectivity index (χ2n) is 4.49. The van der Waals surface area contributed by atoms with Crippen molar-refractivity contribution in [2.45, 2.75) is 13.5 Å². The second-order valence-corrected chi connectivity index (χ2v) is 4.49. The molecule has 4 nitrogen and oxygen atoms in total. The summed E-state index contributed by atoms with van der Waals surface area (Å²) in [5, 5.41) is 0. The molecule has 0 aliphatic heterocycles. The lowest BCUT2D eigenvalue weighted by molar-refractivity contribution is 0.1000. The third kappa shape index (κ3) is 3.06. The molecular weight excluding hydrogens is 259 g/mol. The number of nitrogen functional groups attached to an aromatic ring is 1. The largest absolute Gasteiger partial charge is 0.486 e. The molecule has 5 heteroatoms. The topological polar surface area (TPSA) is 78.3 Å². The summed E-state index contributed by atoms with van der Waals surface area (Å²) in [7, 11) is 0. The van der Waals surface area contributed by atoms with Gasteiger partial charge in [-0.1, -0.05) is 12.1 Å². The van der Waals surface area contributed by atoms with Crippen LogP contribution in [0.25, 0.3) is 0 Å². The minimum Gasteiger partial charge on any atom is -0.486 e. The van der Waals surface area contributed by atoms with E-state index in [0.29, 0.717) is 11.3 Å². The first-order valence-electron chi connectivity index (χ1n) is 6.04.